The number of aromatic nitrogens is 1. The van der Waals surface area contributed by atoms with E-state index in [1.807, 2.05) is 13.0 Å². The normalized spacial score (nSPS) is 11.1. The molecular weight excluding hydrogens is 164 g/mol. The molecule has 0 atom stereocenters. The summed E-state index contributed by atoms with van der Waals surface area (Å²) in [5.41, 5.74) is 0.987. The van der Waals surface area contributed by atoms with Gasteiger partial charge in [-0.3, -0.25) is 0 Å². The lowest BCUT2D eigenvalue weighted by Crippen LogP contribution is -2.16. The molecule has 0 aliphatic rings. The Labute approximate surface area is 79.5 Å². The molecule has 0 radical (unpaired) electrons. The third kappa shape index (κ3) is 4.08. The molecule has 3 heteroatoms. The van der Waals surface area contributed by atoms with Gasteiger partial charge in [0.25, 0.3) is 0 Å². The highest BCUT2D eigenvalue weighted by atomic mass is 16.5. The molecule has 0 saturated carbocycles. The first-order valence-electron chi connectivity index (χ1n) is 4.81. The Hall–Kier alpha value is -0.830. The summed E-state index contributed by atoms with van der Waals surface area (Å²) in [4.78, 5) is 0. The minimum absolute atomic E-state index is 0.756. The number of hydrogen-bond donors (Lipinski definition) is 1. The maximum atomic E-state index is 4.95. The Kier molecular flexibility index (Phi) is 3.96. The van der Waals surface area contributed by atoms with Gasteiger partial charge in [-0.05, 0) is 25.8 Å². The first-order chi connectivity index (χ1) is 6.18. The van der Waals surface area contributed by atoms with Gasteiger partial charge in [-0.15, -0.1) is 0 Å². The molecule has 0 saturated heterocycles. The van der Waals surface area contributed by atoms with Gasteiger partial charge in [0.05, 0.1) is 5.69 Å². The van der Waals surface area contributed by atoms with Crippen LogP contribution in [0.15, 0.2) is 10.6 Å². The van der Waals surface area contributed by atoms with Crippen LogP contribution >= 0.6 is 0 Å². The van der Waals surface area contributed by atoms with Crippen molar-refractivity contribution in [2.45, 2.75) is 33.7 Å². The van der Waals surface area contributed by atoms with Crippen molar-refractivity contribution in [3.05, 3.63) is 17.5 Å². The molecule has 0 bridgehead atoms. The van der Waals surface area contributed by atoms with E-state index in [0.29, 0.717) is 0 Å². The van der Waals surface area contributed by atoms with Gasteiger partial charge in [0.1, 0.15) is 5.76 Å². The van der Waals surface area contributed by atoms with Crippen LogP contribution in [0.1, 0.15) is 31.7 Å². The number of nitrogens with one attached hydrogen (secondary N) is 1. The predicted molar refractivity (Wildman–Crippen MR) is 52.4 cm³/mol. The van der Waals surface area contributed by atoms with Crippen LogP contribution < -0.4 is 5.32 Å². The summed E-state index contributed by atoms with van der Waals surface area (Å²) in [6.45, 7) is 8.21. The standard InChI is InChI=1S/C10H18N2O/c1-8(2)4-5-11-7-10-6-9(3)13-12-10/h6,8,11H,4-5,7H2,1-3H3. The molecule has 1 heterocycles. The van der Waals surface area contributed by atoms with Gasteiger partial charge in [-0.1, -0.05) is 19.0 Å². The lowest BCUT2D eigenvalue weighted by atomic mass is 10.1. The zero-order chi connectivity index (χ0) is 9.68. The highest BCUT2D eigenvalue weighted by molar-refractivity contribution is 5.02. The van der Waals surface area contributed by atoms with Crippen molar-refractivity contribution in [2.24, 2.45) is 5.92 Å². The highest BCUT2D eigenvalue weighted by Crippen LogP contribution is 2.01. The van der Waals surface area contributed by atoms with Gasteiger partial charge in [-0.25, -0.2) is 0 Å². The van der Waals surface area contributed by atoms with Crippen LogP contribution in [0.5, 0.6) is 0 Å². The molecule has 0 amide bonds. The molecule has 13 heavy (non-hydrogen) atoms. The zero-order valence-electron chi connectivity index (χ0n) is 8.63. The van der Waals surface area contributed by atoms with E-state index in [9.17, 15) is 0 Å². The quantitative estimate of drug-likeness (QED) is 0.709. The van der Waals surface area contributed by atoms with E-state index in [-0.39, 0.29) is 0 Å². The number of hydrogen-bond acceptors (Lipinski definition) is 3. The summed E-state index contributed by atoms with van der Waals surface area (Å²) in [6.07, 6.45) is 1.21. The average Bonchev–Trinajstić information content (AvgIpc) is 2.45. The van der Waals surface area contributed by atoms with E-state index < -0.39 is 0 Å². The highest BCUT2D eigenvalue weighted by Gasteiger charge is 1.99. The Morgan fingerprint density at radius 2 is 2.31 bits per heavy atom. The average molecular weight is 182 g/mol. The first-order valence-corrected chi connectivity index (χ1v) is 4.81. The van der Waals surface area contributed by atoms with Gasteiger partial charge < -0.3 is 9.84 Å². The summed E-state index contributed by atoms with van der Waals surface area (Å²) in [7, 11) is 0. The SMILES string of the molecule is Cc1cc(CNCCC(C)C)no1. The lowest BCUT2D eigenvalue weighted by Gasteiger charge is -2.04. The van der Waals surface area contributed by atoms with Gasteiger partial charge in [0.15, 0.2) is 0 Å². The Balaban J connectivity index is 2.13. The van der Waals surface area contributed by atoms with Gasteiger partial charge in [0.2, 0.25) is 0 Å². The van der Waals surface area contributed by atoms with Crippen molar-refractivity contribution in [1.82, 2.24) is 10.5 Å². The van der Waals surface area contributed by atoms with E-state index in [1.165, 1.54) is 6.42 Å². The fraction of sp³-hybridized carbons (Fsp3) is 0.700. The fourth-order valence-electron chi connectivity index (χ4n) is 1.11. The van der Waals surface area contributed by atoms with Crippen LogP contribution in [-0.4, -0.2) is 11.7 Å². The summed E-state index contributed by atoms with van der Waals surface area (Å²) in [6, 6.07) is 1.96. The second-order valence-electron chi connectivity index (χ2n) is 3.79. The van der Waals surface area contributed by atoms with Crippen LogP contribution in [-0.2, 0) is 6.54 Å². The number of nitrogens with zero attached hydrogens (tertiary/aromatic N) is 1. The van der Waals surface area contributed by atoms with Gasteiger partial charge >= 0.3 is 0 Å². The van der Waals surface area contributed by atoms with Crippen LogP contribution in [0.2, 0.25) is 0 Å². The molecule has 0 aliphatic heterocycles. The van der Waals surface area contributed by atoms with E-state index in [0.717, 1.165) is 30.5 Å². The Bertz CT molecular complexity index is 243. The van der Waals surface area contributed by atoms with Crippen molar-refractivity contribution in [3.63, 3.8) is 0 Å². The molecular formula is C10H18N2O. The molecule has 0 aliphatic carbocycles. The van der Waals surface area contributed by atoms with E-state index in [2.05, 4.69) is 24.3 Å². The second kappa shape index (κ2) is 5.02. The maximum absolute atomic E-state index is 4.95. The lowest BCUT2D eigenvalue weighted by molar-refractivity contribution is 0.387. The Morgan fingerprint density at radius 3 is 2.85 bits per heavy atom. The third-order valence-corrected chi connectivity index (χ3v) is 1.88. The van der Waals surface area contributed by atoms with Gasteiger partial charge in [-0.2, -0.15) is 0 Å². The van der Waals surface area contributed by atoms with Gasteiger partial charge in [0, 0.05) is 12.6 Å². The van der Waals surface area contributed by atoms with Crippen molar-refractivity contribution in [2.75, 3.05) is 6.54 Å². The minimum Gasteiger partial charge on any atom is -0.361 e. The van der Waals surface area contributed by atoms with Crippen LogP contribution in [0, 0.1) is 12.8 Å². The predicted octanol–water partition coefficient (Wildman–Crippen LogP) is 2.12. The molecule has 3 nitrogen and oxygen atoms in total. The van der Waals surface area contributed by atoms with E-state index in [1.54, 1.807) is 0 Å². The smallest absolute Gasteiger partial charge is 0.133 e. The van der Waals surface area contributed by atoms with Crippen molar-refractivity contribution in [1.29, 1.82) is 0 Å². The topological polar surface area (TPSA) is 38.1 Å². The first kappa shape index (κ1) is 10.3. The summed E-state index contributed by atoms with van der Waals surface area (Å²) >= 11 is 0. The van der Waals surface area contributed by atoms with Crippen molar-refractivity contribution < 1.29 is 4.52 Å². The molecule has 74 valence electrons. The zero-order valence-corrected chi connectivity index (χ0v) is 8.63. The van der Waals surface area contributed by atoms with Crippen molar-refractivity contribution >= 4 is 0 Å². The molecule has 1 N–H and O–H groups in total. The van der Waals surface area contributed by atoms with Crippen LogP contribution in [0.25, 0.3) is 0 Å². The molecule has 0 spiro atoms. The largest absolute Gasteiger partial charge is 0.361 e. The molecule has 0 fully saturated rings. The van der Waals surface area contributed by atoms with Crippen LogP contribution in [0.3, 0.4) is 0 Å². The Morgan fingerprint density at radius 1 is 1.54 bits per heavy atom. The molecule has 1 aromatic heterocycles. The van der Waals surface area contributed by atoms with E-state index >= 15 is 0 Å². The maximum Gasteiger partial charge on any atom is 0.133 e. The van der Waals surface area contributed by atoms with Crippen molar-refractivity contribution in [3.8, 4) is 0 Å². The van der Waals surface area contributed by atoms with Crippen LogP contribution in [0.4, 0.5) is 0 Å². The summed E-state index contributed by atoms with van der Waals surface area (Å²) in [5.74, 6) is 1.63. The summed E-state index contributed by atoms with van der Waals surface area (Å²) < 4.78 is 4.95. The van der Waals surface area contributed by atoms with E-state index in [4.69, 9.17) is 4.52 Å². The molecule has 1 aromatic rings. The third-order valence-electron chi connectivity index (χ3n) is 1.88. The molecule has 1 rings (SSSR count). The fourth-order valence-corrected chi connectivity index (χ4v) is 1.11. The second-order valence-corrected chi connectivity index (χ2v) is 3.79. The minimum atomic E-state index is 0.756. The molecule has 0 aromatic carbocycles. The monoisotopic (exact) mass is 182 g/mol. The summed E-state index contributed by atoms with van der Waals surface area (Å²) in [5, 5.41) is 7.22. The number of rotatable bonds is 5. The molecule has 0 unspecified atom stereocenters. The number of aryl methyl sites for hydroxylation is 1.